The summed E-state index contributed by atoms with van der Waals surface area (Å²) in [6, 6.07) is 15.8. The molecule has 0 bridgehead atoms. The molecular weight excluding hydrogens is 426 g/mol. The number of H-pyrrole nitrogens is 1. The first kappa shape index (κ1) is 20.6. The molecule has 9 heteroatoms. The van der Waals surface area contributed by atoms with E-state index in [2.05, 4.69) is 25.4 Å². The molecule has 0 aliphatic carbocycles. The van der Waals surface area contributed by atoms with E-state index in [1.165, 1.54) is 11.8 Å². The van der Waals surface area contributed by atoms with Crippen LogP contribution in [0.3, 0.4) is 0 Å². The number of carbonyl (C=O) groups excluding carboxylic acids is 1. The second-order valence-corrected chi connectivity index (χ2v) is 8.81. The first-order valence-corrected chi connectivity index (χ1v) is 11.4. The van der Waals surface area contributed by atoms with Gasteiger partial charge in [-0.15, -0.1) is 10.2 Å². The van der Waals surface area contributed by atoms with Gasteiger partial charge < -0.3 is 24.4 Å². The van der Waals surface area contributed by atoms with Gasteiger partial charge in [0.1, 0.15) is 0 Å². The van der Waals surface area contributed by atoms with Crippen molar-refractivity contribution in [2.45, 2.75) is 17.4 Å². The zero-order valence-electron chi connectivity index (χ0n) is 17.6. The number of rotatable bonds is 6. The van der Waals surface area contributed by atoms with Gasteiger partial charge in [0.25, 0.3) is 11.1 Å². The Labute approximate surface area is 189 Å². The lowest BCUT2D eigenvalue weighted by Crippen LogP contribution is -2.36. The van der Waals surface area contributed by atoms with Crippen LogP contribution in [0.1, 0.15) is 6.92 Å². The number of ether oxygens (including phenoxy) is 1. The summed E-state index contributed by atoms with van der Waals surface area (Å²) in [5.41, 5.74) is 3.73. The standard InChI is InChI=1S/C23H23N5O3S/c1-15(21(29)25-16-6-8-17(9-7-16)28-10-12-30-13-11-28)32-23-27-26-22(31-23)19-14-24-20-5-3-2-4-18(19)20/h2-9,14-15,24H,10-13H2,1H3,(H,25,29)/t15-/m0/s1. The van der Waals surface area contributed by atoms with E-state index in [1.54, 1.807) is 0 Å². The molecule has 1 aliphatic rings. The van der Waals surface area contributed by atoms with Gasteiger partial charge in [-0.1, -0.05) is 30.0 Å². The highest BCUT2D eigenvalue weighted by atomic mass is 32.2. The predicted molar refractivity (Wildman–Crippen MR) is 125 cm³/mol. The van der Waals surface area contributed by atoms with Crippen LogP contribution in [0.25, 0.3) is 22.4 Å². The first-order chi connectivity index (χ1) is 15.7. The fourth-order valence-corrected chi connectivity index (χ4v) is 4.32. The highest BCUT2D eigenvalue weighted by Gasteiger charge is 2.20. The van der Waals surface area contributed by atoms with Crippen molar-refractivity contribution in [3.05, 3.63) is 54.7 Å². The van der Waals surface area contributed by atoms with Crippen LogP contribution in [-0.2, 0) is 9.53 Å². The second kappa shape index (κ2) is 9.05. The molecule has 2 N–H and O–H groups in total. The number of hydrogen-bond donors (Lipinski definition) is 2. The van der Waals surface area contributed by atoms with Crippen LogP contribution < -0.4 is 10.2 Å². The third-order valence-electron chi connectivity index (χ3n) is 5.38. The molecule has 1 fully saturated rings. The Hall–Kier alpha value is -3.30. The Morgan fingerprint density at radius 3 is 2.72 bits per heavy atom. The Morgan fingerprint density at radius 2 is 1.91 bits per heavy atom. The van der Waals surface area contributed by atoms with Crippen LogP contribution in [0.5, 0.6) is 0 Å². The lowest BCUT2D eigenvalue weighted by atomic mass is 10.2. The Bertz CT molecular complexity index is 1210. The quantitative estimate of drug-likeness (QED) is 0.426. The summed E-state index contributed by atoms with van der Waals surface area (Å²) in [6.07, 6.45) is 1.85. The number of amides is 1. The maximum Gasteiger partial charge on any atom is 0.277 e. The van der Waals surface area contributed by atoms with Gasteiger partial charge in [-0.25, -0.2) is 0 Å². The number of aromatic nitrogens is 3. The Kier molecular flexibility index (Phi) is 5.83. The van der Waals surface area contributed by atoms with Gasteiger partial charge in [0, 0.05) is 41.6 Å². The van der Waals surface area contributed by atoms with Gasteiger partial charge in [-0.05, 0) is 37.3 Å². The number of benzene rings is 2. The highest BCUT2D eigenvalue weighted by molar-refractivity contribution is 8.00. The van der Waals surface area contributed by atoms with E-state index in [-0.39, 0.29) is 5.91 Å². The molecule has 2 aromatic carbocycles. The molecule has 0 radical (unpaired) electrons. The molecule has 1 aliphatic heterocycles. The summed E-state index contributed by atoms with van der Waals surface area (Å²) in [6.45, 7) is 5.06. The normalized spacial score (nSPS) is 15.1. The minimum absolute atomic E-state index is 0.124. The van der Waals surface area contributed by atoms with Crippen LogP contribution in [-0.4, -0.2) is 52.6 Å². The van der Waals surface area contributed by atoms with Crippen molar-refractivity contribution in [3.8, 4) is 11.5 Å². The van der Waals surface area contributed by atoms with Gasteiger partial charge >= 0.3 is 0 Å². The molecular formula is C23H23N5O3S. The number of morpholine rings is 1. The van der Waals surface area contributed by atoms with E-state index >= 15 is 0 Å². The number of nitrogens with one attached hydrogen (secondary N) is 2. The van der Waals surface area contributed by atoms with Crippen molar-refractivity contribution < 1.29 is 13.9 Å². The zero-order chi connectivity index (χ0) is 21.9. The van der Waals surface area contributed by atoms with Crippen molar-refractivity contribution in [1.82, 2.24) is 15.2 Å². The fraction of sp³-hybridized carbons (Fsp3) is 0.261. The Morgan fingerprint density at radius 1 is 1.12 bits per heavy atom. The maximum atomic E-state index is 12.7. The van der Waals surface area contributed by atoms with Crippen LogP contribution in [0.2, 0.25) is 0 Å². The van der Waals surface area contributed by atoms with Crippen molar-refractivity contribution >= 4 is 39.9 Å². The smallest absolute Gasteiger partial charge is 0.277 e. The molecule has 164 valence electrons. The number of hydrogen-bond acceptors (Lipinski definition) is 7. The molecule has 0 unspecified atom stereocenters. The van der Waals surface area contributed by atoms with E-state index in [1.807, 2.05) is 61.7 Å². The molecule has 5 rings (SSSR count). The molecule has 0 spiro atoms. The van der Waals surface area contributed by atoms with Crippen LogP contribution in [0.4, 0.5) is 11.4 Å². The average molecular weight is 450 g/mol. The predicted octanol–water partition coefficient (Wildman–Crippen LogP) is 4.17. The summed E-state index contributed by atoms with van der Waals surface area (Å²) >= 11 is 1.24. The number of thioether (sulfide) groups is 1. The van der Waals surface area contributed by atoms with E-state index < -0.39 is 5.25 Å². The van der Waals surface area contributed by atoms with Crippen molar-refractivity contribution in [2.75, 3.05) is 36.5 Å². The molecule has 32 heavy (non-hydrogen) atoms. The third kappa shape index (κ3) is 4.35. The van der Waals surface area contributed by atoms with E-state index in [9.17, 15) is 4.79 Å². The van der Waals surface area contributed by atoms with Gasteiger partial charge in [-0.2, -0.15) is 0 Å². The molecule has 3 heterocycles. The monoisotopic (exact) mass is 449 g/mol. The third-order valence-corrected chi connectivity index (χ3v) is 6.32. The number of fused-ring (bicyclic) bond motifs is 1. The zero-order valence-corrected chi connectivity index (χ0v) is 18.4. The van der Waals surface area contributed by atoms with Gasteiger partial charge in [0.15, 0.2) is 0 Å². The molecule has 0 saturated carbocycles. The summed E-state index contributed by atoms with van der Waals surface area (Å²) in [4.78, 5) is 18.1. The minimum Gasteiger partial charge on any atom is -0.411 e. The van der Waals surface area contributed by atoms with Crippen LogP contribution >= 0.6 is 11.8 Å². The molecule has 1 saturated heterocycles. The number of carbonyl (C=O) groups is 1. The van der Waals surface area contributed by atoms with E-state index in [0.717, 1.165) is 54.1 Å². The van der Waals surface area contributed by atoms with Gasteiger partial charge in [-0.3, -0.25) is 4.79 Å². The molecule has 1 atom stereocenters. The maximum absolute atomic E-state index is 12.7. The fourth-order valence-electron chi connectivity index (χ4n) is 3.64. The SMILES string of the molecule is C[C@H](Sc1nnc(-c2c[nH]c3ccccc23)o1)C(=O)Nc1ccc(N2CCOCC2)cc1. The minimum atomic E-state index is -0.398. The topological polar surface area (TPSA) is 96.3 Å². The lowest BCUT2D eigenvalue weighted by Gasteiger charge is -2.28. The average Bonchev–Trinajstić information content (AvgIpc) is 3.47. The van der Waals surface area contributed by atoms with E-state index in [0.29, 0.717) is 11.1 Å². The van der Waals surface area contributed by atoms with Crippen LogP contribution in [0, 0.1) is 0 Å². The summed E-state index contributed by atoms with van der Waals surface area (Å²) in [7, 11) is 0. The Balaban J connectivity index is 1.21. The summed E-state index contributed by atoms with van der Waals surface area (Å²) in [5, 5.41) is 12.2. The molecule has 4 aromatic rings. The highest BCUT2D eigenvalue weighted by Crippen LogP contribution is 2.31. The number of para-hydroxylation sites is 1. The molecule has 1 amide bonds. The van der Waals surface area contributed by atoms with E-state index in [4.69, 9.17) is 9.15 Å². The van der Waals surface area contributed by atoms with Crippen molar-refractivity contribution in [3.63, 3.8) is 0 Å². The van der Waals surface area contributed by atoms with Crippen molar-refractivity contribution in [1.29, 1.82) is 0 Å². The van der Waals surface area contributed by atoms with Crippen molar-refractivity contribution in [2.24, 2.45) is 0 Å². The van der Waals surface area contributed by atoms with Gasteiger partial charge in [0.2, 0.25) is 5.91 Å². The number of aromatic amines is 1. The molecule has 2 aromatic heterocycles. The number of nitrogens with zero attached hydrogens (tertiary/aromatic N) is 3. The largest absolute Gasteiger partial charge is 0.411 e. The first-order valence-electron chi connectivity index (χ1n) is 10.5. The second-order valence-electron chi connectivity index (χ2n) is 7.52. The number of anilines is 2. The summed E-state index contributed by atoms with van der Waals surface area (Å²) < 4.78 is 11.2. The lowest BCUT2D eigenvalue weighted by molar-refractivity contribution is -0.115. The summed E-state index contributed by atoms with van der Waals surface area (Å²) in [5.74, 6) is 0.303. The van der Waals surface area contributed by atoms with Gasteiger partial charge in [0.05, 0.1) is 24.0 Å². The molecule has 8 nitrogen and oxygen atoms in total. The van der Waals surface area contributed by atoms with Crippen LogP contribution in [0.15, 0.2) is 64.4 Å².